The predicted octanol–water partition coefficient (Wildman–Crippen LogP) is 2.61. The minimum Gasteiger partial charge on any atom is -0.463 e. The summed E-state index contributed by atoms with van der Waals surface area (Å²) in [5.74, 6) is 1.27. The molecule has 4 rings (SSSR count). The van der Waals surface area contributed by atoms with E-state index in [4.69, 9.17) is 20.3 Å². The van der Waals surface area contributed by atoms with Gasteiger partial charge in [-0.1, -0.05) is 5.16 Å². The number of nitrogen functional groups attached to an aromatic ring is 1. The van der Waals surface area contributed by atoms with Crippen molar-refractivity contribution in [3.63, 3.8) is 0 Å². The second-order valence-corrected chi connectivity index (χ2v) is 6.81. The van der Waals surface area contributed by atoms with Crippen LogP contribution in [0.2, 0.25) is 0 Å². The lowest BCUT2D eigenvalue weighted by Gasteiger charge is -2.23. The number of oxime groups is 1. The number of nitrogens with one attached hydrogen (secondary N) is 1. The second-order valence-electron chi connectivity index (χ2n) is 6.02. The number of nitrogens with two attached hydrogens (primary N) is 1. The molecule has 9 heteroatoms. The largest absolute Gasteiger partial charge is 0.463 e. The van der Waals surface area contributed by atoms with E-state index >= 15 is 0 Å². The Hall–Kier alpha value is -2.39. The van der Waals surface area contributed by atoms with Gasteiger partial charge in [0, 0.05) is 23.6 Å². The van der Waals surface area contributed by atoms with Crippen LogP contribution in [0.5, 0.6) is 0 Å². The van der Waals surface area contributed by atoms with Crippen LogP contribution in [0.1, 0.15) is 30.2 Å². The zero-order valence-electron chi connectivity index (χ0n) is 13.3. The molecule has 3 aromatic rings. The molecule has 0 aromatic carbocycles. The van der Waals surface area contributed by atoms with Gasteiger partial charge in [0.15, 0.2) is 5.65 Å². The Bertz CT molecular complexity index is 942. The molecular weight excluding hydrogens is 388 g/mol. The molecule has 1 unspecified atom stereocenters. The molecular formula is C16H17BrN6O2. The minimum absolute atomic E-state index is 0.305. The van der Waals surface area contributed by atoms with E-state index in [0.29, 0.717) is 23.1 Å². The molecule has 3 aromatic heterocycles. The lowest BCUT2D eigenvalue weighted by molar-refractivity contribution is 0.320. The minimum atomic E-state index is 0.305. The normalized spacial score (nSPS) is 18.4. The van der Waals surface area contributed by atoms with Crippen LogP contribution in [0.25, 0.3) is 16.8 Å². The van der Waals surface area contributed by atoms with Gasteiger partial charge in [0.1, 0.15) is 17.8 Å². The van der Waals surface area contributed by atoms with Crippen molar-refractivity contribution in [2.75, 3.05) is 18.8 Å². The summed E-state index contributed by atoms with van der Waals surface area (Å²) in [5.41, 5.74) is 9.51. The fourth-order valence-corrected chi connectivity index (χ4v) is 3.77. The first-order valence-electron chi connectivity index (χ1n) is 7.98. The average molecular weight is 405 g/mol. The number of hydrogen-bond donors (Lipinski definition) is 3. The van der Waals surface area contributed by atoms with Crippen LogP contribution in [0.4, 0.5) is 5.82 Å². The van der Waals surface area contributed by atoms with Gasteiger partial charge in [-0.05, 0) is 41.4 Å². The number of nitrogens with zero attached hydrogens (tertiary/aromatic N) is 4. The summed E-state index contributed by atoms with van der Waals surface area (Å²) in [4.78, 5) is 4.86. The molecule has 4 heterocycles. The van der Waals surface area contributed by atoms with Gasteiger partial charge in [0.2, 0.25) is 0 Å². The first-order valence-corrected chi connectivity index (χ1v) is 8.78. The van der Waals surface area contributed by atoms with E-state index in [9.17, 15) is 0 Å². The smallest absolute Gasteiger partial charge is 0.165 e. The summed E-state index contributed by atoms with van der Waals surface area (Å²) in [6.45, 7) is 1.92. The van der Waals surface area contributed by atoms with Crippen molar-refractivity contribution < 1.29 is 9.62 Å². The maximum atomic E-state index is 8.63. The molecule has 0 bridgehead atoms. The Kier molecular flexibility index (Phi) is 4.18. The van der Waals surface area contributed by atoms with E-state index < -0.39 is 0 Å². The number of rotatable bonds is 3. The third-order valence-electron chi connectivity index (χ3n) is 4.45. The summed E-state index contributed by atoms with van der Waals surface area (Å²) >= 11 is 3.59. The number of halogens is 1. The van der Waals surface area contributed by atoms with E-state index in [1.54, 1.807) is 23.0 Å². The molecule has 8 nitrogen and oxygen atoms in total. The Morgan fingerprint density at radius 2 is 2.40 bits per heavy atom. The van der Waals surface area contributed by atoms with Gasteiger partial charge in [-0.25, -0.2) is 4.98 Å². The average Bonchev–Trinajstić information content (AvgIpc) is 3.26. The van der Waals surface area contributed by atoms with Gasteiger partial charge >= 0.3 is 0 Å². The van der Waals surface area contributed by atoms with Crippen molar-refractivity contribution >= 4 is 33.6 Å². The van der Waals surface area contributed by atoms with E-state index in [1.807, 2.05) is 0 Å². The Morgan fingerprint density at radius 3 is 3.16 bits per heavy atom. The quantitative estimate of drug-likeness (QED) is 0.351. The van der Waals surface area contributed by atoms with Gasteiger partial charge in [-0.15, -0.1) is 0 Å². The standard InChI is InChI=1S/C16H17BrN6O2/c17-13-14(9-2-1-3-19-5-9)22-16-12(7-20-23(16)15(13)18)10-4-11(6-21-24)25-8-10/h4,6-9,19,24H,1-3,5,18H2/b21-6-. The molecule has 1 aliphatic heterocycles. The number of hydrogen-bond acceptors (Lipinski definition) is 7. The summed E-state index contributed by atoms with van der Waals surface area (Å²) in [5, 5.41) is 19.4. The fraction of sp³-hybridized carbons (Fsp3) is 0.312. The number of furan rings is 1. The maximum Gasteiger partial charge on any atom is 0.165 e. The predicted molar refractivity (Wildman–Crippen MR) is 97.0 cm³/mol. The van der Waals surface area contributed by atoms with Crippen molar-refractivity contribution in [2.45, 2.75) is 18.8 Å². The SMILES string of the molecule is Nc1c(Br)c(C2CCCNC2)nc2c(-c3coc(/C=N\O)c3)cnn12. The van der Waals surface area contributed by atoms with Crippen molar-refractivity contribution in [3.05, 3.63) is 34.5 Å². The first kappa shape index (κ1) is 16.1. The molecule has 1 atom stereocenters. The van der Waals surface area contributed by atoms with E-state index in [1.165, 1.54) is 6.21 Å². The number of piperidine rings is 1. The van der Waals surface area contributed by atoms with Crippen LogP contribution in [0, 0.1) is 0 Å². The van der Waals surface area contributed by atoms with Crippen LogP contribution in [-0.4, -0.2) is 39.1 Å². The van der Waals surface area contributed by atoms with Crippen LogP contribution < -0.4 is 11.1 Å². The Labute approximate surface area is 151 Å². The molecule has 25 heavy (non-hydrogen) atoms. The van der Waals surface area contributed by atoms with Crippen molar-refractivity contribution in [1.29, 1.82) is 0 Å². The number of aromatic nitrogens is 3. The van der Waals surface area contributed by atoms with E-state index in [2.05, 4.69) is 31.5 Å². The Balaban J connectivity index is 1.84. The molecule has 4 N–H and O–H groups in total. The molecule has 0 saturated carbocycles. The van der Waals surface area contributed by atoms with Gasteiger partial charge in [0.05, 0.1) is 22.6 Å². The zero-order chi connectivity index (χ0) is 17.4. The second kappa shape index (κ2) is 6.49. The topological polar surface area (TPSA) is 114 Å². The highest BCUT2D eigenvalue weighted by atomic mass is 79.9. The summed E-state index contributed by atoms with van der Waals surface area (Å²) in [7, 11) is 0. The third-order valence-corrected chi connectivity index (χ3v) is 5.26. The van der Waals surface area contributed by atoms with Crippen molar-refractivity contribution in [2.24, 2.45) is 5.16 Å². The summed E-state index contributed by atoms with van der Waals surface area (Å²) < 4.78 is 7.77. The van der Waals surface area contributed by atoms with E-state index in [0.717, 1.165) is 47.2 Å². The number of fused-ring (bicyclic) bond motifs is 1. The van der Waals surface area contributed by atoms with Crippen LogP contribution in [0.15, 0.2) is 32.6 Å². The first-order chi connectivity index (χ1) is 12.2. The third kappa shape index (κ3) is 2.79. The summed E-state index contributed by atoms with van der Waals surface area (Å²) in [6.07, 6.45) is 6.70. The maximum absolute atomic E-state index is 8.63. The van der Waals surface area contributed by atoms with Gasteiger partial charge < -0.3 is 20.7 Å². The van der Waals surface area contributed by atoms with Gasteiger partial charge in [0.25, 0.3) is 0 Å². The fourth-order valence-electron chi connectivity index (χ4n) is 3.19. The zero-order valence-corrected chi connectivity index (χ0v) is 14.9. The molecule has 0 amide bonds. The lowest BCUT2D eigenvalue weighted by atomic mass is 9.96. The molecule has 0 aliphatic carbocycles. The molecule has 1 fully saturated rings. The van der Waals surface area contributed by atoms with Crippen molar-refractivity contribution in [3.8, 4) is 11.1 Å². The molecule has 1 aliphatic rings. The van der Waals surface area contributed by atoms with Crippen molar-refractivity contribution in [1.82, 2.24) is 19.9 Å². The number of anilines is 1. The van der Waals surface area contributed by atoms with Crippen LogP contribution >= 0.6 is 15.9 Å². The molecule has 0 spiro atoms. The highest BCUT2D eigenvalue weighted by molar-refractivity contribution is 9.10. The highest BCUT2D eigenvalue weighted by Crippen LogP contribution is 2.35. The molecule has 1 saturated heterocycles. The monoisotopic (exact) mass is 404 g/mol. The van der Waals surface area contributed by atoms with Gasteiger partial charge in [-0.3, -0.25) is 0 Å². The lowest BCUT2D eigenvalue weighted by Crippen LogP contribution is -2.29. The van der Waals surface area contributed by atoms with Crippen LogP contribution in [-0.2, 0) is 0 Å². The molecule has 130 valence electrons. The molecule has 0 radical (unpaired) electrons. The highest BCUT2D eigenvalue weighted by Gasteiger charge is 2.24. The summed E-state index contributed by atoms with van der Waals surface area (Å²) in [6, 6.07) is 1.76. The van der Waals surface area contributed by atoms with E-state index in [-0.39, 0.29) is 0 Å². The van der Waals surface area contributed by atoms with Gasteiger partial charge in [-0.2, -0.15) is 9.61 Å². The van der Waals surface area contributed by atoms with Crippen LogP contribution in [0.3, 0.4) is 0 Å². The Morgan fingerprint density at radius 1 is 1.52 bits per heavy atom.